The van der Waals surface area contributed by atoms with Gasteiger partial charge < -0.3 is 10.2 Å². The molecule has 1 rings (SSSR count). The summed E-state index contributed by atoms with van der Waals surface area (Å²) in [6.07, 6.45) is 8.26. The molecule has 0 saturated heterocycles. The highest BCUT2D eigenvalue weighted by molar-refractivity contribution is 4.89. The molecule has 1 unspecified atom stereocenters. The molecule has 19 heavy (non-hydrogen) atoms. The van der Waals surface area contributed by atoms with Gasteiger partial charge in [-0.3, -0.25) is 0 Å². The van der Waals surface area contributed by atoms with Gasteiger partial charge in [-0.15, -0.1) is 0 Å². The van der Waals surface area contributed by atoms with Crippen molar-refractivity contribution >= 4 is 0 Å². The second kappa shape index (κ2) is 8.26. The smallest absolute Gasteiger partial charge is 0.00665 e. The zero-order chi connectivity index (χ0) is 14.3. The van der Waals surface area contributed by atoms with Crippen molar-refractivity contribution in [3.63, 3.8) is 0 Å². The van der Waals surface area contributed by atoms with Crippen LogP contribution in [-0.4, -0.2) is 37.6 Å². The fraction of sp³-hybridized carbons (Fsp3) is 1.00. The molecule has 0 spiro atoms. The van der Waals surface area contributed by atoms with Crippen molar-refractivity contribution in [3.8, 4) is 0 Å². The summed E-state index contributed by atoms with van der Waals surface area (Å²) < 4.78 is 0. The highest BCUT2D eigenvalue weighted by Gasteiger charge is 2.35. The first-order chi connectivity index (χ1) is 8.99. The summed E-state index contributed by atoms with van der Waals surface area (Å²) in [7, 11) is 2.33. The van der Waals surface area contributed by atoms with Gasteiger partial charge in [-0.05, 0) is 57.5 Å². The average Bonchev–Trinajstić information content (AvgIpc) is 2.77. The molecule has 2 nitrogen and oxygen atoms in total. The largest absolute Gasteiger partial charge is 0.316 e. The fourth-order valence-corrected chi connectivity index (χ4v) is 3.59. The third kappa shape index (κ3) is 5.83. The Kier molecular flexibility index (Phi) is 7.38. The maximum Gasteiger partial charge on any atom is 0.00665 e. The number of nitrogens with one attached hydrogen (secondary N) is 1. The third-order valence-corrected chi connectivity index (χ3v) is 4.74. The minimum atomic E-state index is 0.551. The van der Waals surface area contributed by atoms with E-state index in [0.29, 0.717) is 11.5 Å². The molecule has 0 amide bonds. The molecule has 2 heteroatoms. The Hall–Kier alpha value is -0.0800. The topological polar surface area (TPSA) is 15.3 Å². The quantitative estimate of drug-likeness (QED) is 0.638. The summed E-state index contributed by atoms with van der Waals surface area (Å²) in [5, 5.41) is 3.68. The van der Waals surface area contributed by atoms with E-state index in [1.807, 2.05) is 0 Å². The molecule has 0 radical (unpaired) electrons. The van der Waals surface area contributed by atoms with E-state index in [0.717, 1.165) is 5.92 Å². The van der Waals surface area contributed by atoms with Gasteiger partial charge in [0.1, 0.15) is 0 Å². The third-order valence-electron chi connectivity index (χ3n) is 4.74. The van der Waals surface area contributed by atoms with Crippen molar-refractivity contribution in [3.05, 3.63) is 0 Å². The van der Waals surface area contributed by atoms with Crippen molar-refractivity contribution in [1.29, 1.82) is 0 Å². The molecule has 0 aliphatic heterocycles. The lowest BCUT2D eigenvalue weighted by Gasteiger charge is -2.37. The van der Waals surface area contributed by atoms with Crippen LogP contribution in [0, 0.1) is 11.3 Å². The van der Waals surface area contributed by atoms with Crippen LogP contribution < -0.4 is 5.32 Å². The number of hydrogen-bond donors (Lipinski definition) is 1. The molecular weight excluding hydrogens is 232 g/mol. The number of hydrogen-bond acceptors (Lipinski definition) is 2. The summed E-state index contributed by atoms with van der Waals surface area (Å²) in [6.45, 7) is 13.0. The van der Waals surface area contributed by atoms with Gasteiger partial charge in [0, 0.05) is 19.1 Å². The lowest BCUT2D eigenvalue weighted by Crippen LogP contribution is -2.44. The minimum absolute atomic E-state index is 0.551. The number of nitrogens with zero attached hydrogens (tertiary/aromatic N) is 1. The van der Waals surface area contributed by atoms with E-state index in [2.05, 4.69) is 45.0 Å². The van der Waals surface area contributed by atoms with Gasteiger partial charge in [-0.1, -0.05) is 33.6 Å². The Morgan fingerprint density at radius 2 is 1.79 bits per heavy atom. The van der Waals surface area contributed by atoms with Gasteiger partial charge in [0.2, 0.25) is 0 Å². The van der Waals surface area contributed by atoms with E-state index in [1.54, 1.807) is 0 Å². The molecule has 1 fully saturated rings. The second-order valence-corrected chi connectivity index (χ2v) is 7.28. The highest BCUT2D eigenvalue weighted by Crippen LogP contribution is 2.38. The van der Waals surface area contributed by atoms with Crippen molar-refractivity contribution in [2.45, 2.75) is 72.3 Å². The van der Waals surface area contributed by atoms with Gasteiger partial charge >= 0.3 is 0 Å². The van der Waals surface area contributed by atoms with Crippen LogP contribution in [0.15, 0.2) is 0 Å². The van der Waals surface area contributed by atoms with Gasteiger partial charge in [0.25, 0.3) is 0 Å². The van der Waals surface area contributed by atoms with Crippen LogP contribution in [0.5, 0.6) is 0 Å². The van der Waals surface area contributed by atoms with Crippen molar-refractivity contribution in [2.75, 3.05) is 26.7 Å². The SMILES string of the molecule is CCCNCC1(CN(C)C(C)CC(C)C)CCCC1. The van der Waals surface area contributed by atoms with Gasteiger partial charge in [0.05, 0.1) is 0 Å². The molecule has 1 N–H and O–H groups in total. The van der Waals surface area contributed by atoms with E-state index in [9.17, 15) is 0 Å². The summed E-state index contributed by atoms with van der Waals surface area (Å²) in [4.78, 5) is 2.61. The van der Waals surface area contributed by atoms with E-state index in [1.165, 1.54) is 58.2 Å². The molecule has 1 saturated carbocycles. The first-order valence-electron chi connectivity index (χ1n) is 8.40. The molecule has 0 aromatic heterocycles. The van der Waals surface area contributed by atoms with E-state index >= 15 is 0 Å². The Morgan fingerprint density at radius 3 is 2.32 bits per heavy atom. The molecule has 0 heterocycles. The van der Waals surface area contributed by atoms with Crippen LogP contribution in [-0.2, 0) is 0 Å². The van der Waals surface area contributed by atoms with Crippen LogP contribution in [0.25, 0.3) is 0 Å². The monoisotopic (exact) mass is 268 g/mol. The second-order valence-electron chi connectivity index (χ2n) is 7.28. The molecular formula is C17H36N2. The maximum absolute atomic E-state index is 3.68. The van der Waals surface area contributed by atoms with E-state index in [-0.39, 0.29) is 0 Å². The van der Waals surface area contributed by atoms with E-state index < -0.39 is 0 Å². The van der Waals surface area contributed by atoms with E-state index in [4.69, 9.17) is 0 Å². The Balaban J connectivity index is 2.47. The fourth-order valence-electron chi connectivity index (χ4n) is 3.59. The summed E-state index contributed by atoms with van der Waals surface area (Å²) in [6, 6.07) is 0.712. The molecule has 0 aromatic carbocycles. The van der Waals surface area contributed by atoms with Crippen molar-refractivity contribution < 1.29 is 0 Å². The summed E-state index contributed by atoms with van der Waals surface area (Å²) in [5.41, 5.74) is 0.551. The van der Waals surface area contributed by atoms with Crippen LogP contribution in [0.2, 0.25) is 0 Å². The first-order valence-corrected chi connectivity index (χ1v) is 8.40. The normalized spacial score (nSPS) is 20.4. The molecule has 1 aliphatic carbocycles. The molecule has 114 valence electrons. The molecule has 0 bridgehead atoms. The maximum atomic E-state index is 3.68. The Morgan fingerprint density at radius 1 is 1.16 bits per heavy atom. The molecule has 0 aromatic rings. The Bertz CT molecular complexity index is 231. The molecule has 1 atom stereocenters. The van der Waals surface area contributed by atoms with Crippen LogP contribution in [0.3, 0.4) is 0 Å². The van der Waals surface area contributed by atoms with Crippen LogP contribution >= 0.6 is 0 Å². The summed E-state index contributed by atoms with van der Waals surface area (Å²) >= 11 is 0. The molecule has 1 aliphatic rings. The minimum Gasteiger partial charge on any atom is -0.316 e. The zero-order valence-corrected chi connectivity index (χ0v) is 14.0. The highest BCUT2D eigenvalue weighted by atomic mass is 15.1. The lowest BCUT2D eigenvalue weighted by molar-refractivity contribution is 0.130. The average molecular weight is 268 g/mol. The van der Waals surface area contributed by atoms with Gasteiger partial charge in [-0.25, -0.2) is 0 Å². The predicted molar refractivity (Wildman–Crippen MR) is 85.6 cm³/mol. The number of rotatable bonds is 9. The lowest BCUT2D eigenvalue weighted by atomic mass is 9.84. The summed E-state index contributed by atoms with van der Waals surface area (Å²) in [5.74, 6) is 0.801. The van der Waals surface area contributed by atoms with Gasteiger partial charge in [-0.2, -0.15) is 0 Å². The Labute approximate surface area is 121 Å². The zero-order valence-electron chi connectivity index (χ0n) is 14.0. The van der Waals surface area contributed by atoms with Crippen LogP contribution in [0.4, 0.5) is 0 Å². The van der Waals surface area contributed by atoms with Crippen LogP contribution in [0.1, 0.15) is 66.2 Å². The van der Waals surface area contributed by atoms with Crippen molar-refractivity contribution in [2.24, 2.45) is 11.3 Å². The van der Waals surface area contributed by atoms with Crippen molar-refractivity contribution in [1.82, 2.24) is 10.2 Å². The predicted octanol–water partition coefficient (Wildman–Crippen LogP) is 3.91. The van der Waals surface area contributed by atoms with Gasteiger partial charge in [0.15, 0.2) is 0 Å². The first kappa shape index (κ1) is 17.0. The standard InChI is InChI=1S/C17H36N2/c1-6-11-18-13-17(9-7-8-10-17)14-19(5)16(4)12-15(2)3/h15-16,18H,6-14H2,1-5H3.